The van der Waals surface area contributed by atoms with Gasteiger partial charge >= 0.3 is 0 Å². The predicted octanol–water partition coefficient (Wildman–Crippen LogP) is 2.64. The van der Waals surface area contributed by atoms with Gasteiger partial charge in [-0.25, -0.2) is 0 Å². The van der Waals surface area contributed by atoms with E-state index in [9.17, 15) is 4.79 Å². The van der Waals surface area contributed by atoms with Crippen molar-refractivity contribution in [3.8, 4) is 0 Å². The van der Waals surface area contributed by atoms with Crippen molar-refractivity contribution in [3.63, 3.8) is 0 Å². The second-order valence-corrected chi connectivity index (χ2v) is 6.55. The molecule has 1 fully saturated rings. The summed E-state index contributed by atoms with van der Waals surface area (Å²) >= 11 is 1.84. The zero-order valence-electron chi connectivity index (χ0n) is 11.0. The molecule has 1 aliphatic carbocycles. The first-order valence-electron chi connectivity index (χ1n) is 7.04. The number of carbonyl (C=O) groups excluding carboxylic acids is 1. The number of fused-ring (bicyclic) bond motifs is 1. The van der Waals surface area contributed by atoms with Gasteiger partial charge in [-0.1, -0.05) is 12.1 Å². The zero-order valence-corrected chi connectivity index (χ0v) is 11.9. The molecule has 0 aromatic heterocycles. The molecule has 2 aliphatic rings. The molecule has 4 heteroatoms. The van der Waals surface area contributed by atoms with Crippen molar-refractivity contribution < 1.29 is 4.79 Å². The molecule has 0 atom stereocenters. The molecule has 1 aromatic rings. The van der Waals surface area contributed by atoms with Gasteiger partial charge in [-0.05, 0) is 37.8 Å². The van der Waals surface area contributed by atoms with Crippen LogP contribution in [0.25, 0.3) is 0 Å². The van der Waals surface area contributed by atoms with Crippen LogP contribution in [0, 0.1) is 5.92 Å². The third kappa shape index (κ3) is 2.65. The van der Waals surface area contributed by atoms with E-state index in [1.807, 2.05) is 28.8 Å². The first-order chi connectivity index (χ1) is 9.25. The van der Waals surface area contributed by atoms with Crippen LogP contribution in [0.1, 0.15) is 25.7 Å². The fourth-order valence-electron chi connectivity index (χ4n) is 2.98. The number of hydrogen-bond donors (Lipinski definition) is 1. The van der Waals surface area contributed by atoms with Gasteiger partial charge in [0.2, 0.25) is 5.91 Å². The van der Waals surface area contributed by atoms with E-state index in [0.29, 0.717) is 11.9 Å². The molecule has 1 amide bonds. The van der Waals surface area contributed by atoms with Crippen LogP contribution >= 0.6 is 11.8 Å². The number of hydrogen-bond acceptors (Lipinski definition) is 3. The molecule has 1 heterocycles. The second-order valence-electron chi connectivity index (χ2n) is 5.42. The first-order valence-corrected chi connectivity index (χ1v) is 8.03. The van der Waals surface area contributed by atoms with Gasteiger partial charge in [0.25, 0.3) is 0 Å². The van der Waals surface area contributed by atoms with Crippen LogP contribution < -0.4 is 10.6 Å². The molecule has 3 nitrogen and oxygen atoms in total. The Balaban J connectivity index is 1.78. The van der Waals surface area contributed by atoms with E-state index in [1.165, 1.54) is 4.90 Å². The van der Waals surface area contributed by atoms with Crippen LogP contribution in [0.5, 0.6) is 0 Å². The number of nitrogens with two attached hydrogens (primary N) is 1. The smallest absolute Gasteiger partial charge is 0.230 e. The molecule has 0 radical (unpaired) electrons. The fraction of sp³-hybridized carbons (Fsp3) is 0.533. The highest BCUT2D eigenvalue weighted by Crippen LogP contribution is 2.36. The standard InChI is InChI=1S/C15H20N2OS/c16-12-7-5-11(6-8-12)15(18)17-9-10-19-14-4-2-1-3-13(14)17/h1-4,11-12H,5-10,16H2. The molecule has 0 saturated heterocycles. The summed E-state index contributed by atoms with van der Waals surface area (Å²) in [7, 11) is 0. The van der Waals surface area contributed by atoms with Crippen LogP contribution in [0.2, 0.25) is 0 Å². The minimum atomic E-state index is 0.177. The molecule has 2 N–H and O–H groups in total. The summed E-state index contributed by atoms with van der Waals surface area (Å²) in [4.78, 5) is 15.9. The maximum absolute atomic E-state index is 12.7. The second kappa shape index (κ2) is 5.55. The lowest BCUT2D eigenvalue weighted by molar-refractivity contribution is -0.123. The zero-order chi connectivity index (χ0) is 13.2. The van der Waals surface area contributed by atoms with Crippen LogP contribution in [-0.2, 0) is 4.79 Å². The summed E-state index contributed by atoms with van der Waals surface area (Å²) in [5, 5.41) is 0. The molecule has 3 rings (SSSR count). The van der Waals surface area contributed by atoms with Gasteiger partial charge in [0, 0.05) is 29.2 Å². The van der Waals surface area contributed by atoms with Gasteiger partial charge in [0.1, 0.15) is 0 Å². The lowest BCUT2D eigenvalue weighted by Crippen LogP contribution is -2.42. The average molecular weight is 276 g/mol. The number of amides is 1. The lowest BCUT2D eigenvalue weighted by atomic mass is 9.85. The molecule has 1 aliphatic heterocycles. The van der Waals surface area contributed by atoms with Crippen molar-refractivity contribution in [2.24, 2.45) is 11.7 Å². The molecule has 0 spiro atoms. The van der Waals surface area contributed by atoms with Gasteiger partial charge in [0.15, 0.2) is 0 Å². The van der Waals surface area contributed by atoms with E-state index in [0.717, 1.165) is 43.7 Å². The average Bonchev–Trinajstić information content (AvgIpc) is 2.47. The van der Waals surface area contributed by atoms with Crippen molar-refractivity contribution in [2.45, 2.75) is 36.6 Å². The quantitative estimate of drug-likeness (QED) is 0.857. The van der Waals surface area contributed by atoms with Crippen molar-refractivity contribution in [2.75, 3.05) is 17.2 Å². The third-order valence-corrected chi connectivity index (χ3v) is 5.16. The topological polar surface area (TPSA) is 46.3 Å². The summed E-state index contributed by atoms with van der Waals surface area (Å²) in [6.45, 7) is 0.836. The first kappa shape index (κ1) is 13.0. The highest BCUT2D eigenvalue weighted by Gasteiger charge is 2.31. The molecular weight excluding hydrogens is 256 g/mol. The number of rotatable bonds is 1. The molecule has 1 aromatic carbocycles. The monoisotopic (exact) mass is 276 g/mol. The van der Waals surface area contributed by atoms with Gasteiger partial charge in [0.05, 0.1) is 5.69 Å². The molecule has 1 saturated carbocycles. The fourth-order valence-corrected chi connectivity index (χ4v) is 3.98. The minimum Gasteiger partial charge on any atom is -0.328 e. The van der Waals surface area contributed by atoms with E-state index in [2.05, 4.69) is 12.1 Å². The van der Waals surface area contributed by atoms with Gasteiger partial charge in [-0.15, -0.1) is 11.8 Å². The van der Waals surface area contributed by atoms with Crippen molar-refractivity contribution in [1.29, 1.82) is 0 Å². The largest absolute Gasteiger partial charge is 0.328 e. The number of anilines is 1. The molecule has 0 bridgehead atoms. The van der Waals surface area contributed by atoms with E-state index >= 15 is 0 Å². The Bertz CT molecular complexity index is 469. The van der Waals surface area contributed by atoms with Crippen LogP contribution in [0.3, 0.4) is 0 Å². The number of thioether (sulfide) groups is 1. The summed E-state index contributed by atoms with van der Waals surface area (Å²) in [5.74, 6) is 1.48. The van der Waals surface area contributed by atoms with Gasteiger partial charge in [-0.3, -0.25) is 4.79 Å². The Morgan fingerprint density at radius 2 is 1.95 bits per heavy atom. The summed E-state index contributed by atoms with van der Waals surface area (Å²) in [6, 6.07) is 8.53. The molecular formula is C15H20N2OS. The van der Waals surface area contributed by atoms with Gasteiger partial charge in [-0.2, -0.15) is 0 Å². The third-order valence-electron chi connectivity index (χ3n) is 4.12. The van der Waals surface area contributed by atoms with E-state index in [1.54, 1.807) is 0 Å². The van der Waals surface area contributed by atoms with Crippen LogP contribution in [-0.4, -0.2) is 24.2 Å². The van der Waals surface area contributed by atoms with Crippen molar-refractivity contribution >= 4 is 23.4 Å². The number of nitrogens with zero attached hydrogens (tertiary/aromatic N) is 1. The Hall–Kier alpha value is -1.00. The van der Waals surface area contributed by atoms with Crippen molar-refractivity contribution in [3.05, 3.63) is 24.3 Å². The number of benzene rings is 1. The Morgan fingerprint density at radius 3 is 2.74 bits per heavy atom. The Labute approximate surface area is 118 Å². The Kier molecular flexibility index (Phi) is 3.80. The van der Waals surface area contributed by atoms with E-state index in [-0.39, 0.29) is 5.92 Å². The highest BCUT2D eigenvalue weighted by atomic mass is 32.2. The van der Waals surface area contributed by atoms with Crippen molar-refractivity contribution in [1.82, 2.24) is 0 Å². The SMILES string of the molecule is NC1CCC(C(=O)N2CCSc3ccccc32)CC1. The summed E-state index contributed by atoms with van der Waals surface area (Å²) in [6.07, 6.45) is 3.87. The summed E-state index contributed by atoms with van der Waals surface area (Å²) < 4.78 is 0. The summed E-state index contributed by atoms with van der Waals surface area (Å²) in [5.41, 5.74) is 7.02. The van der Waals surface area contributed by atoms with Gasteiger partial charge < -0.3 is 10.6 Å². The lowest BCUT2D eigenvalue weighted by Gasteiger charge is -2.34. The maximum atomic E-state index is 12.7. The highest BCUT2D eigenvalue weighted by molar-refractivity contribution is 7.99. The van der Waals surface area contributed by atoms with Crippen LogP contribution in [0.15, 0.2) is 29.2 Å². The van der Waals surface area contributed by atoms with E-state index < -0.39 is 0 Å². The Morgan fingerprint density at radius 1 is 1.21 bits per heavy atom. The minimum absolute atomic E-state index is 0.177. The number of carbonyl (C=O) groups is 1. The molecule has 19 heavy (non-hydrogen) atoms. The molecule has 0 unspecified atom stereocenters. The van der Waals surface area contributed by atoms with Crippen LogP contribution in [0.4, 0.5) is 5.69 Å². The molecule has 102 valence electrons. The predicted molar refractivity (Wildman–Crippen MR) is 79.5 cm³/mol. The maximum Gasteiger partial charge on any atom is 0.230 e. The number of para-hydroxylation sites is 1. The normalized spacial score (nSPS) is 26.9. The van der Waals surface area contributed by atoms with E-state index in [4.69, 9.17) is 5.73 Å².